The van der Waals surface area contributed by atoms with Crippen LogP contribution in [0.5, 0.6) is 0 Å². The first-order chi connectivity index (χ1) is 10.3. The summed E-state index contributed by atoms with van der Waals surface area (Å²) in [5.74, 6) is 1.54. The van der Waals surface area contributed by atoms with E-state index in [9.17, 15) is 0 Å². The molecule has 1 N–H and O–H groups in total. The second-order valence-corrected chi connectivity index (χ2v) is 7.19. The zero-order valence-corrected chi connectivity index (χ0v) is 13.0. The van der Waals surface area contributed by atoms with Crippen molar-refractivity contribution in [3.8, 4) is 0 Å². The Bertz CT molecular complexity index is 904. The molecule has 0 spiro atoms. The quantitative estimate of drug-likeness (QED) is 0.627. The van der Waals surface area contributed by atoms with Crippen LogP contribution >= 0.6 is 22.7 Å². The standard InChI is InChI=1S/C14H13N5S2/c1-9-6-11-10(7-20-13(11)21-9)2-4-15-12-3-5-16-14-17-8-18-19(12)14/h3,5-8,15H,2,4H2,1H3. The number of fused-ring (bicyclic) bond motifs is 2. The van der Waals surface area contributed by atoms with Crippen LogP contribution in [0.1, 0.15) is 10.4 Å². The molecule has 0 saturated heterocycles. The van der Waals surface area contributed by atoms with Crippen LogP contribution in [0, 0.1) is 6.92 Å². The van der Waals surface area contributed by atoms with E-state index in [1.807, 2.05) is 28.7 Å². The Morgan fingerprint density at radius 1 is 1.33 bits per heavy atom. The maximum absolute atomic E-state index is 4.17. The molecule has 0 aliphatic carbocycles. The van der Waals surface area contributed by atoms with Gasteiger partial charge in [0, 0.05) is 23.0 Å². The minimum Gasteiger partial charge on any atom is -0.370 e. The molecule has 5 nitrogen and oxygen atoms in total. The van der Waals surface area contributed by atoms with E-state index >= 15 is 0 Å². The zero-order valence-electron chi connectivity index (χ0n) is 11.4. The molecule has 7 heteroatoms. The van der Waals surface area contributed by atoms with Gasteiger partial charge >= 0.3 is 0 Å². The van der Waals surface area contributed by atoms with Crippen LogP contribution in [0.2, 0.25) is 0 Å². The van der Waals surface area contributed by atoms with Crippen LogP contribution in [0.15, 0.2) is 30.0 Å². The third-order valence-electron chi connectivity index (χ3n) is 3.36. The molecule has 0 amide bonds. The van der Waals surface area contributed by atoms with Crippen molar-refractivity contribution in [2.45, 2.75) is 13.3 Å². The average Bonchev–Trinajstić information content (AvgIpc) is 3.15. The van der Waals surface area contributed by atoms with Crippen molar-refractivity contribution in [2.75, 3.05) is 11.9 Å². The van der Waals surface area contributed by atoms with Crippen molar-refractivity contribution in [1.29, 1.82) is 0 Å². The van der Waals surface area contributed by atoms with Crippen molar-refractivity contribution in [2.24, 2.45) is 0 Å². The van der Waals surface area contributed by atoms with E-state index in [1.54, 1.807) is 10.7 Å². The molecule has 0 unspecified atom stereocenters. The molecule has 0 atom stereocenters. The van der Waals surface area contributed by atoms with Gasteiger partial charge in [0.25, 0.3) is 5.78 Å². The molecule has 0 aliphatic rings. The molecule has 0 fully saturated rings. The Morgan fingerprint density at radius 2 is 2.29 bits per heavy atom. The number of hydrogen-bond donors (Lipinski definition) is 1. The first kappa shape index (κ1) is 12.7. The van der Waals surface area contributed by atoms with E-state index in [0.717, 1.165) is 18.8 Å². The lowest BCUT2D eigenvalue weighted by molar-refractivity contribution is 0.915. The Morgan fingerprint density at radius 3 is 3.24 bits per heavy atom. The van der Waals surface area contributed by atoms with E-state index in [1.165, 1.54) is 26.2 Å². The number of nitrogens with one attached hydrogen (secondary N) is 1. The van der Waals surface area contributed by atoms with E-state index in [4.69, 9.17) is 0 Å². The van der Waals surface area contributed by atoms with Gasteiger partial charge in [-0.15, -0.1) is 22.7 Å². The van der Waals surface area contributed by atoms with Crippen molar-refractivity contribution < 1.29 is 0 Å². The highest BCUT2D eigenvalue weighted by Crippen LogP contribution is 2.33. The highest BCUT2D eigenvalue weighted by Gasteiger charge is 2.07. The average molecular weight is 315 g/mol. The van der Waals surface area contributed by atoms with Gasteiger partial charge in [-0.05, 0) is 36.4 Å². The van der Waals surface area contributed by atoms with E-state index in [0.29, 0.717) is 5.78 Å². The summed E-state index contributed by atoms with van der Waals surface area (Å²) in [7, 11) is 0. The normalized spacial score (nSPS) is 11.5. The highest BCUT2D eigenvalue weighted by atomic mass is 32.2. The molecule has 4 aromatic heterocycles. The minimum atomic E-state index is 0.617. The maximum Gasteiger partial charge on any atom is 0.254 e. The van der Waals surface area contributed by atoms with Gasteiger partial charge in [-0.3, -0.25) is 0 Å². The first-order valence-electron chi connectivity index (χ1n) is 6.66. The minimum absolute atomic E-state index is 0.617. The fourth-order valence-corrected chi connectivity index (χ4v) is 4.69. The Labute approximate surface area is 129 Å². The molecular weight excluding hydrogens is 302 g/mol. The number of rotatable bonds is 4. The summed E-state index contributed by atoms with van der Waals surface area (Å²) >= 11 is 3.71. The van der Waals surface area contributed by atoms with Gasteiger partial charge in [0.15, 0.2) is 0 Å². The fraction of sp³-hybridized carbons (Fsp3) is 0.214. The van der Waals surface area contributed by atoms with Crippen LogP contribution in [-0.4, -0.2) is 26.1 Å². The maximum atomic E-state index is 4.17. The van der Waals surface area contributed by atoms with Gasteiger partial charge in [-0.2, -0.15) is 14.6 Å². The Hall–Kier alpha value is -1.99. The van der Waals surface area contributed by atoms with Crippen molar-refractivity contribution >= 4 is 43.7 Å². The molecule has 4 rings (SSSR count). The van der Waals surface area contributed by atoms with Gasteiger partial charge in [0.1, 0.15) is 12.1 Å². The molecule has 4 aromatic rings. The van der Waals surface area contributed by atoms with Crippen LogP contribution in [0.25, 0.3) is 15.2 Å². The van der Waals surface area contributed by atoms with Gasteiger partial charge in [-0.25, -0.2) is 4.98 Å². The van der Waals surface area contributed by atoms with Crippen LogP contribution in [0.3, 0.4) is 0 Å². The number of anilines is 1. The van der Waals surface area contributed by atoms with Gasteiger partial charge < -0.3 is 5.32 Å². The molecule has 21 heavy (non-hydrogen) atoms. The molecule has 106 valence electrons. The van der Waals surface area contributed by atoms with Crippen molar-refractivity contribution in [3.63, 3.8) is 0 Å². The van der Waals surface area contributed by atoms with Crippen molar-refractivity contribution in [3.05, 3.63) is 40.5 Å². The summed E-state index contributed by atoms with van der Waals surface area (Å²) in [4.78, 5) is 9.62. The second kappa shape index (κ2) is 5.09. The Balaban J connectivity index is 1.51. The Kier molecular flexibility index (Phi) is 3.08. The molecule has 0 bridgehead atoms. The van der Waals surface area contributed by atoms with E-state index < -0.39 is 0 Å². The predicted molar refractivity (Wildman–Crippen MR) is 87.4 cm³/mol. The third kappa shape index (κ3) is 2.28. The van der Waals surface area contributed by atoms with E-state index in [-0.39, 0.29) is 0 Å². The van der Waals surface area contributed by atoms with Gasteiger partial charge in [0.05, 0.1) is 4.01 Å². The van der Waals surface area contributed by atoms with E-state index in [2.05, 4.69) is 38.8 Å². The molecule has 0 radical (unpaired) electrons. The predicted octanol–water partition coefficient (Wildman–Crippen LogP) is 3.36. The summed E-state index contributed by atoms with van der Waals surface area (Å²) in [6, 6.07) is 4.20. The van der Waals surface area contributed by atoms with Crippen molar-refractivity contribution in [1.82, 2.24) is 19.6 Å². The largest absolute Gasteiger partial charge is 0.370 e. The number of nitrogens with zero attached hydrogens (tertiary/aromatic N) is 4. The topological polar surface area (TPSA) is 55.1 Å². The summed E-state index contributed by atoms with van der Waals surface area (Å²) < 4.78 is 3.14. The first-order valence-corrected chi connectivity index (χ1v) is 8.36. The second-order valence-electron chi connectivity index (χ2n) is 4.80. The smallest absolute Gasteiger partial charge is 0.254 e. The number of aryl methyl sites for hydroxylation is 1. The third-order valence-corrected chi connectivity index (χ3v) is 5.58. The lowest BCUT2D eigenvalue weighted by atomic mass is 10.2. The summed E-state index contributed by atoms with van der Waals surface area (Å²) in [6.07, 6.45) is 4.26. The molecule has 0 saturated carbocycles. The number of hydrogen-bond acceptors (Lipinski definition) is 6. The SMILES string of the molecule is Cc1cc2c(CCNc3ccnc4ncnn34)csc2s1. The van der Waals surface area contributed by atoms with Crippen LogP contribution in [-0.2, 0) is 6.42 Å². The van der Waals surface area contributed by atoms with Crippen LogP contribution < -0.4 is 5.32 Å². The van der Waals surface area contributed by atoms with Gasteiger partial charge in [-0.1, -0.05) is 0 Å². The molecule has 0 aliphatic heterocycles. The highest BCUT2D eigenvalue weighted by molar-refractivity contribution is 7.37. The van der Waals surface area contributed by atoms with Crippen LogP contribution in [0.4, 0.5) is 5.82 Å². The zero-order chi connectivity index (χ0) is 14.2. The number of aromatic nitrogens is 4. The molecule has 0 aromatic carbocycles. The fourth-order valence-electron chi connectivity index (χ4n) is 2.38. The monoisotopic (exact) mass is 315 g/mol. The molecule has 4 heterocycles. The lowest BCUT2D eigenvalue weighted by Crippen LogP contribution is -2.09. The summed E-state index contributed by atoms with van der Waals surface area (Å²) in [6.45, 7) is 3.03. The number of thiophene rings is 2. The molecular formula is C14H13N5S2. The lowest BCUT2D eigenvalue weighted by Gasteiger charge is -2.06. The van der Waals surface area contributed by atoms with Gasteiger partial charge in [0.2, 0.25) is 0 Å². The summed E-state index contributed by atoms with van der Waals surface area (Å²) in [5.41, 5.74) is 1.41. The summed E-state index contributed by atoms with van der Waals surface area (Å²) in [5, 5.41) is 11.3.